The molecule has 0 saturated heterocycles. The number of hydrogen-bond acceptors (Lipinski definition) is 6. The fourth-order valence-corrected chi connectivity index (χ4v) is 3.39. The summed E-state index contributed by atoms with van der Waals surface area (Å²) in [4.78, 5) is 26.6. The number of benzene rings is 3. The topological polar surface area (TPSA) is 93.1 Å². The molecule has 2 N–H and O–H groups in total. The molecule has 3 rings (SSSR count). The van der Waals surface area contributed by atoms with Crippen molar-refractivity contribution >= 4 is 11.6 Å². The first-order valence-corrected chi connectivity index (χ1v) is 11.2. The van der Waals surface area contributed by atoms with E-state index in [1.165, 1.54) is 0 Å². The number of aliphatic hydroxyl groups excluding tert-OH is 2. The lowest BCUT2D eigenvalue weighted by Gasteiger charge is -2.21. The standard InChI is InChI=1S/C28H30O6/c1-28(2,3)23-17-21(26(31)19-4-8-24(9-5-19)33-14-12-29)16-22(18-23)27(32)20-6-10-25(11-7-20)34-15-13-30/h4-11,16-18,29-30H,12-15H2,1-3H3. The van der Waals surface area contributed by atoms with Crippen molar-refractivity contribution in [2.24, 2.45) is 0 Å². The van der Waals surface area contributed by atoms with E-state index in [2.05, 4.69) is 0 Å². The molecule has 3 aromatic carbocycles. The number of ketones is 2. The molecule has 0 aliphatic rings. The Morgan fingerprint density at radius 2 is 1.03 bits per heavy atom. The van der Waals surface area contributed by atoms with Gasteiger partial charge in [-0.25, -0.2) is 0 Å². The lowest BCUT2D eigenvalue weighted by Crippen LogP contribution is -2.15. The van der Waals surface area contributed by atoms with Gasteiger partial charge in [0.2, 0.25) is 0 Å². The molecule has 0 heterocycles. The van der Waals surface area contributed by atoms with Crippen molar-refractivity contribution in [1.29, 1.82) is 0 Å². The molecule has 0 atom stereocenters. The third kappa shape index (κ3) is 6.31. The van der Waals surface area contributed by atoms with Crippen LogP contribution in [0.5, 0.6) is 11.5 Å². The average molecular weight is 463 g/mol. The lowest BCUT2D eigenvalue weighted by atomic mass is 9.83. The van der Waals surface area contributed by atoms with Gasteiger partial charge in [-0.3, -0.25) is 9.59 Å². The van der Waals surface area contributed by atoms with Gasteiger partial charge in [-0.05, 0) is 77.7 Å². The van der Waals surface area contributed by atoms with E-state index in [1.54, 1.807) is 54.6 Å². The van der Waals surface area contributed by atoms with Crippen LogP contribution in [0.1, 0.15) is 58.2 Å². The molecule has 0 fully saturated rings. The number of carbonyl (C=O) groups is 2. The molecular weight excluding hydrogens is 432 g/mol. The van der Waals surface area contributed by atoms with E-state index < -0.39 is 0 Å². The van der Waals surface area contributed by atoms with Gasteiger partial charge in [0.05, 0.1) is 13.2 Å². The minimum Gasteiger partial charge on any atom is -0.491 e. The summed E-state index contributed by atoms with van der Waals surface area (Å²) in [5.74, 6) is 0.746. The molecule has 0 aliphatic carbocycles. The minimum absolute atomic E-state index is 0.0878. The van der Waals surface area contributed by atoms with Crippen molar-refractivity contribution in [1.82, 2.24) is 0 Å². The maximum Gasteiger partial charge on any atom is 0.193 e. The van der Waals surface area contributed by atoms with Crippen LogP contribution < -0.4 is 9.47 Å². The van der Waals surface area contributed by atoms with Crippen LogP contribution in [-0.4, -0.2) is 48.2 Å². The monoisotopic (exact) mass is 462 g/mol. The molecule has 0 spiro atoms. The summed E-state index contributed by atoms with van der Waals surface area (Å²) in [5, 5.41) is 17.8. The zero-order valence-corrected chi connectivity index (χ0v) is 19.7. The zero-order valence-electron chi connectivity index (χ0n) is 19.7. The van der Waals surface area contributed by atoms with Gasteiger partial charge >= 0.3 is 0 Å². The van der Waals surface area contributed by atoms with Crippen LogP contribution >= 0.6 is 0 Å². The van der Waals surface area contributed by atoms with Gasteiger partial charge in [-0.15, -0.1) is 0 Å². The van der Waals surface area contributed by atoms with Crippen LogP contribution in [0.4, 0.5) is 0 Å². The number of hydrogen-bond donors (Lipinski definition) is 2. The smallest absolute Gasteiger partial charge is 0.193 e. The van der Waals surface area contributed by atoms with Crippen molar-refractivity contribution in [3.8, 4) is 11.5 Å². The molecule has 3 aromatic rings. The Balaban J connectivity index is 1.93. The van der Waals surface area contributed by atoms with Crippen LogP contribution in [0.25, 0.3) is 0 Å². The average Bonchev–Trinajstić information content (AvgIpc) is 2.85. The predicted octanol–water partition coefficient (Wildman–Crippen LogP) is 4.19. The summed E-state index contributed by atoms with van der Waals surface area (Å²) < 4.78 is 10.7. The SMILES string of the molecule is CC(C)(C)c1cc(C(=O)c2ccc(OCCO)cc2)cc(C(=O)c2ccc(OCCO)cc2)c1. The molecule has 6 heteroatoms. The van der Waals surface area contributed by atoms with Gasteiger partial charge < -0.3 is 19.7 Å². The van der Waals surface area contributed by atoms with Crippen molar-refractivity contribution in [3.63, 3.8) is 0 Å². The molecule has 0 aliphatic heterocycles. The highest BCUT2D eigenvalue weighted by Crippen LogP contribution is 2.27. The van der Waals surface area contributed by atoms with Gasteiger partial charge in [-0.1, -0.05) is 20.8 Å². The Morgan fingerprint density at radius 1 is 0.647 bits per heavy atom. The molecule has 34 heavy (non-hydrogen) atoms. The Morgan fingerprint density at radius 3 is 1.35 bits per heavy atom. The van der Waals surface area contributed by atoms with E-state index >= 15 is 0 Å². The summed E-state index contributed by atoms with van der Waals surface area (Å²) in [6.45, 7) is 6.29. The zero-order chi connectivity index (χ0) is 24.7. The van der Waals surface area contributed by atoms with Crippen LogP contribution in [0.15, 0.2) is 66.7 Å². The Labute approximate surface area is 199 Å². The fraction of sp³-hybridized carbons (Fsp3) is 0.286. The normalized spacial score (nSPS) is 11.2. The highest BCUT2D eigenvalue weighted by atomic mass is 16.5. The predicted molar refractivity (Wildman–Crippen MR) is 130 cm³/mol. The lowest BCUT2D eigenvalue weighted by molar-refractivity contribution is 0.103. The highest BCUT2D eigenvalue weighted by molar-refractivity contribution is 6.13. The third-order valence-electron chi connectivity index (χ3n) is 5.28. The van der Waals surface area contributed by atoms with E-state index in [1.807, 2.05) is 32.9 Å². The minimum atomic E-state index is -0.269. The number of rotatable bonds is 10. The third-order valence-corrected chi connectivity index (χ3v) is 5.28. The van der Waals surface area contributed by atoms with Crippen LogP contribution in [0.3, 0.4) is 0 Å². The summed E-state index contributed by atoms with van der Waals surface area (Å²) in [5.41, 5.74) is 2.44. The number of aliphatic hydroxyl groups is 2. The largest absolute Gasteiger partial charge is 0.491 e. The second-order valence-electron chi connectivity index (χ2n) is 8.90. The molecule has 0 saturated carbocycles. The fourth-order valence-electron chi connectivity index (χ4n) is 3.39. The first-order chi connectivity index (χ1) is 16.2. The van der Waals surface area contributed by atoms with E-state index in [9.17, 15) is 9.59 Å². The first-order valence-electron chi connectivity index (χ1n) is 11.2. The van der Waals surface area contributed by atoms with Crippen LogP contribution in [0, 0.1) is 0 Å². The Bertz CT molecular complexity index is 1040. The van der Waals surface area contributed by atoms with Gasteiger partial charge in [0, 0.05) is 22.3 Å². The molecule has 0 amide bonds. The molecule has 178 valence electrons. The van der Waals surface area contributed by atoms with Gasteiger partial charge in [0.25, 0.3) is 0 Å². The maximum atomic E-state index is 13.3. The van der Waals surface area contributed by atoms with E-state index in [0.29, 0.717) is 33.8 Å². The van der Waals surface area contributed by atoms with Gasteiger partial charge in [-0.2, -0.15) is 0 Å². The summed E-state index contributed by atoms with van der Waals surface area (Å²) >= 11 is 0. The molecule has 0 aromatic heterocycles. The summed E-state index contributed by atoms with van der Waals surface area (Å²) in [6.07, 6.45) is 0. The van der Waals surface area contributed by atoms with Gasteiger partial charge in [0.15, 0.2) is 11.6 Å². The summed E-state index contributed by atoms with van der Waals surface area (Å²) in [7, 11) is 0. The van der Waals surface area contributed by atoms with E-state index in [0.717, 1.165) is 5.56 Å². The van der Waals surface area contributed by atoms with Crippen molar-refractivity contribution in [2.75, 3.05) is 26.4 Å². The number of ether oxygens (including phenoxy) is 2. The van der Waals surface area contributed by atoms with E-state index in [4.69, 9.17) is 19.7 Å². The molecule has 6 nitrogen and oxygen atoms in total. The van der Waals surface area contributed by atoms with Crippen LogP contribution in [-0.2, 0) is 5.41 Å². The Hall–Kier alpha value is -3.48. The number of carbonyl (C=O) groups excluding carboxylic acids is 2. The van der Waals surface area contributed by atoms with Crippen LogP contribution in [0.2, 0.25) is 0 Å². The molecule has 0 bridgehead atoms. The van der Waals surface area contributed by atoms with Gasteiger partial charge in [0.1, 0.15) is 24.7 Å². The second-order valence-corrected chi connectivity index (χ2v) is 8.90. The quantitative estimate of drug-likeness (QED) is 0.439. The molecular formula is C28H30O6. The first kappa shape index (κ1) is 25.1. The summed E-state index contributed by atoms with van der Waals surface area (Å²) in [6, 6.07) is 18.7. The maximum absolute atomic E-state index is 13.3. The second kappa shape index (κ2) is 11.1. The van der Waals surface area contributed by atoms with Crippen molar-refractivity contribution in [3.05, 3.63) is 94.5 Å². The molecule has 0 radical (unpaired) electrons. The van der Waals surface area contributed by atoms with Crippen molar-refractivity contribution < 1.29 is 29.3 Å². The van der Waals surface area contributed by atoms with E-state index in [-0.39, 0.29) is 43.4 Å². The van der Waals surface area contributed by atoms with Crippen molar-refractivity contribution in [2.45, 2.75) is 26.2 Å². The Kier molecular flexibility index (Phi) is 8.21. The molecule has 0 unspecified atom stereocenters. The highest BCUT2D eigenvalue weighted by Gasteiger charge is 2.21.